The number of nitrogens with two attached hydrogens (primary N) is 1. The molecule has 2 fully saturated rings. The molecule has 0 aromatic carbocycles. The van der Waals surface area contributed by atoms with Crippen molar-refractivity contribution in [2.45, 2.75) is 31.3 Å². The number of nitrogens with zero attached hydrogens (tertiary/aromatic N) is 2. The molecule has 18 heavy (non-hydrogen) atoms. The molecule has 0 aromatic rings. The Balaban J connectivity index is 1.89. The Bertz CT molecular complexity index is 245. The van der Waals surface area contributed by atoms with Crippen molar-refractivity contribution < 1.29 is 4.74 Å². The number of likely N-dealkylation sites (N-methyl/N-ethyl adjacent to an activating group) is 2. The van der Waals surface area contributed by atoms with Gasteiger partial charge in [0.1, 0.15) is 0 Å². The largest absolute Gasteiger partial charge is 0.381 e. The van der Waals surface area contributed by atoms with Crippen molar-refractivity contribution in [2.75, 3.05) is 46.9 Å². The molecule has 5 nitrogen and oxygen atoms in total. The van der Waals surface area contributed by atoms with Crippen LogP contribution in [0.15, 0.2) is 0 Å². The molecule has 2 aliphatic rings. The van der Waals surface area contributed by atoms with Gasteiger partial charge in [-0.15, -0.1) is 0 Å². The van der Waals surface area contributed by atoms with Gasteiger partial charge in [0.15, 0.2) is 0 Å². The van der Waals surface area contributed by atoms with E-state index in [0.29, 0.717) is 12.1 Å². The third-order valence-electron chi connectivity index (χ3n) is 4.51. The maximum absolute atomic E-state index is 5.80. The highest BCUT2D eigenvalue weighted by Gasteiger charge is 2.31. The number of piperazine rings is 1. The van der Waals surface area contributed by atoms with Gasteiger partial charge in [-0.1, -0.05) is 0 Å². The SMILES string of the molecule is CN1CCN(C)C(C(CC2CCOCC2)NN)C1. The molecule has 0 aliphatic carbocycles. The Morgan fingerprint density at radius 3 is 2.67 bits per heavy atom. The molecule has 0 aromatic heterocycles. The first-order valence-corrected chi connectivity index (χ1v) is 7.13. The van der Waals surface area contributed by atoms with Gasteiger partial charge in [0.2, 0.25) is 0 Å². The smallest absolute Gasteiger partial charge is 0.0468 e. The van der Waals surface area contributed by atoms with Crippen molar-refractivity contribution in [2.24, 2.45) is 11.8 Å². The highest BCUT2D eigenvalue weighted by Crippen LogP contribution is 2.23. The second-order valence-corrected chi connectivity index (χ2v) is 5.87. The second-order valence-electron chi connectivity index (χ2n) is 5.87. The van der Waals surface area contributed by atoms with Crippen molar-refractivity contribution in [1.29, 1.82) is 0 Å². The Morgan fingerprint density at radius 1 is 1.28 bits per heavy atom. The van der Waals surface area contributed by atoms with Crippen molar-refractivity contribution in [3.05, 3.63) is 0 Å². The Hall–Kier alpha value is -0.200. The number of hydrogen-bond acceptors (Lipinski definition) is 5. The summed E-state index contributed by atoms with van der Waals surface area (Å²) in [7, 11) is 4.41. The van der Waals surface area contributed by atoms with Crippen LogP contribution in [-0.2, 0) is 4.74 Å². The molecule has 2 aliphatic heterocycles. The number of nitrogens with one attached hydrogen (secondary N) is 1. The van der Waals surface area contributed by atoms with Gasteiger partial charge in [0, 0.05) is 44.9 Å². The van der Waals surface area contributed by atoms with Crippen LogP contribution in [0.2, 0.25) is 0 Å². The normalized spacial score (nSPS) is 30.5. The van der Waals surface area contributed by atoms with E-state index in [0.717, 1.165) is 38.8 Å². The summed E-state index contributed by atoms with van der Waals surface area (Å²) >= 11 is 0. The summed E-state index contributed by atoms with van der Waals surface area (Å²) in [6, 6.07) is 0.914. The van der Waals surface area contributed by atoms with Crippen molar-refractivity contribution in [3.63, 3.8) is 0 Å². The van der Waals surface area contributed by atoms with E-state index < -0.39 is 0 Å². The van der Waals surface area contributed by atoms with Crippen LogP contribution in [-0.4, -0.2) is 68.8 Å². The molecule has 3 N–H and O–H groups in total. The third-order valence-corrected chi connectivity index (χ3v) is 4.51. The Labute approximate surface area is 111 Å². The van der Waals surface area contributed by atoms with Crippen LogP contribution in [0.1, 0.15) is 19.3 Å². The lowest BCUT2D eigenvalue weighted by Crippen LogP contribution is -2.60. The van der Waals surface area contributed by atoms with E-state index in [2.05, 4.69) is 29.3 Å². The van der Waals surface area contributed by atoms with E-state index in [1.54, 1.807) is 0 Å². The molecule has 0 amide bonds. The zero-order chi connectivity index (χ0) is 13.0. The monoisotopic (exact) mass is 256 g/mol. The molecule has 2 unspecified atom stereocenters. The van der Waals surface area contributed by atoms with Crippen LogP contribution in [0.5, 0.6) is 0 Å². The topological polar surface area (TPSA) is 53.8 Å². The minimum atomic E-state index is 0.390. The van der Waals surface area contributed by atoms with Gasteiger partial charge in [-0.25, -0.2) is 0 Å². The fourth-order valence-corrected chi connectivity index (χ4v) is 3.16. The zero-order valence-electron chi connectivity index (χ0n) is 11.8. The molecule has 0 saturated carbocycles. The maximum Gasteiger partial charge on any atom is 0.0468 e. The molecule has 106 valence electrons. The first-order valence-electron chi connectivity index (χ1n) is 7.13. The maximum atomic E-state index is 5.80. The predicted octanol–water partition coefficient (Wildman–Crippen LogP) is -0.119. The summed E-state index contributed by atoms with van der Waals surface area (Å²) in [5.74, 6) is 6.57. The first kappa shape index (κ1) is 14.2. The number of hydrazine groups is 1. The summed E-state index contributed by atoms with van der Waals surface area (Å²) in [5.41, 5.74) is 3.06. The average Bonchev–Trinajstić information content (AvgIpc) is 2.40. The lowest BCUT2D eigenvalue weighted by atomic mass is 9.88. The van der Waals surface area contributed by atoms with Crippen molar-refractivity contribution in [3.8, 4) is 0 Å². The molecule has 2 rings (SSSR count). The Morgan fingerprint density at radius 2 is 2.00 bits per heavy atom. The second kappa shape index (κ2) is 6.82. The average molecular weight is 256 g/mol. The van der Waals surface area contributed by atoms with Crippen molar-refractivity contribution in [1.82, 2.24) is 15.2 Å². The lowest BCUT2D eigenvalue weighted by molar-refractivity contribution is 0.0437. The summed E-state index contributed by atoms with van der Waals surface area (Å²) in [6.45, 7) is 5.23. The molecular formula is C13H28N4O. The summed E-state index contributed by atoms with van der Waals surface area (Å²) in [4.78, 5) is 4.85. The van der Waals surface area contributed by atoms with Gasteiger partial charge in [-0.2, -0.15) is 0 Å². The van der Waals surface area contributed by atoms with Gasteiger partial charge in [0.25, 0.3) is 0 Å². The van der Waals surface area contributed by atoms with Crippen LogP contribution in [0, 0.1) is 5.92 Å². The standard InChI is InChI=1S/C13H28N4O/c1-16-5-6-17(2)13(10-16)12(15-14)9-11-3-7-18-8-4-11/h11-13,15H,3-10,14H2,1-2H3. The molecule has 0 bridgehead atoms. The zero-order valence-corrected chi connectivity index (χ0v) is 11.8. The molecule has 2 heterocycles. The van der Waals surface area contributed by atoms with Crippen LogP contribution in [0.4, 0.5) is 0 Å². The van der Waals surface area contributed by atoms with Gasteiger partial charge >= 0.3 is 0 Å². The molecule has 0 radical (unpaired) electrons. The quantitative estimate of drug-likeness (QED) is 0.542. The van der Waals surface area contributed by atoms with Gasteiger partial charge in [0.05, 0.1) is 0 Å². The fourth-order valence-electron chi connectivity index (χ4n) is 3.16. The molecule has 2 atom stereocenters. The van der Waals surface area contributed by atoms with E-state index in [4.69, 9.17) is 10.6 Å². The van der Waals surface area contributed by atoms with E-state index in [1.807, 2.05) is 0 Å². The summed E-state index contributed by atoms with van der Waals surface area (Å²) < 4.78 is 5.43. The van der Waals surface area contributed by atoms with Crippen LogP contribution in [0.25, 0.3) is 0 Å². The molecule has 5 heteroatoms. The minimum absolute atomic E-state index is 0.390. The molecular weight excluding hydrogens is 228 g/mol. The predicted molar refractivity (Wildman–Crippen MR) is 73.2 cm³/mol. The molecule has 2 saturated heterocycles. The highest BCUT2D eigenvalue weighted by atomic mass is 16.5. The van der Waals surface area contributed by atoms with Crippen LogP contribution >= 0.6 is 0 Å². The van der Waals surface area contributed by atoms with Crippen molar-refractivity contribution >= 4 is 0 Å². The van der Waals surface area contributed by atoms with E-state index in [9.17, 15) is 0 Å². The number of hydrogen-bond donors (Lipinski definition) is 2. The number of ether oxygens (including phenoxy) is 1. The third kappa shape index (κ3) is 3.65. The van der Waals surface area contributed by atoms with E-state index >= 15 is 0 Å². The lowest BCUT2D eigenvalue weighted by Gasteiger charge is -2.42. The van der Waals surface area contributed by atoms with Gasteiger partial charge < -0.3 is 9.64 Å². The minimum Gasteiger partial charge on any atom is -0.381 e. The molecule has 0 spiro atoms. The summed E-state index contributed by atoms with van der Waals surface area (Å²) in [6.07, 6.45) is 3.54. The highest BCUT2D eigenvalue weighted by molar-refractivity contribution is 4.89. The Kier molecular flexibility index (Phi) is 5.38. The first-order chi connectivity index (χ1) is 8.70. The number of rotatable bonds is 4. The van der Waals surface area contributed by atoms with Gasteiger partial charge in [-0.3, -0.25) is 16.2 Å². The van der Waals surface area contributed by atoms with Gasteiger partial charge in [-0.05, 0) is 39.3 Å². The van der Waals surface area contributed by atoms with E-state index in [-0.39, 0.29) is 0 Å². The van der Waals surface area contributed by atoms with Crippen LogP contribution < -0.4 is 11.3 Å². The van der Waals surface area contributed by atoms with Crippen LogP contribution in [0.3, 0.4) is 0 Å². The van der Waals surface area contributed by atoms with E-state index in [1.165, 1.54) is 19.3 Å². The fraction of sp³-hybridized carbons (Fsp3) is 1.00. The summed E-state index contributed by atoms with van der Waals surface area (Å²) in [5, 5.41) is 0.